The van der Waals surface area contributed by atoms with Gasteiger partial charge in [-0.25, -0.2) is 14.2 Å². The molecule has 14 nitrogen and oxygen atoms in total. The maximum absolute atomic E-state index is 14.6. The number of hydrogen-bond acceptors (Lipinski definition) is 11. The molecule has 5 N–H and O–H groups in total. The van der Waals surface area contributed by atoms with Gasteiger partial charge in [0.05, 0.1) is 53.1 Å². The number of ether oxygens (including phenoxy) is 2. The molecule has 0 spiro atoms. The van der Waals surface area contributed by atoms with Gasteiger partial charge < -0.3 is 44.5 Å². The highest BCUT2D eigenvalue weighted by molar-refractivity contribution is 7.13. The second kappa shape index (κ2) is 20.0. The van der Waals surface area contributed by atoms with E-state index in [1.54, 1.807) is 44.2 Å². The zero-order valence-corrected chi connectivity index (χ0v) is 38.1. The summed E-state index contributed by atoms with van der Waals surface area (Å²) in [5, 5.41) is 38.3. The average molecular weight is 901 g/mol. The van der Waals surface area contributed by atoms with Gasteiger partial charge in [0.1, 0.15) is 18.0 Å². The number of nitrogens with one attached hydrogen (secondary N) is 2. The van der Waals surface area contributed by atoms with Crippen molar-refractivity contribution in [3.8, 4) is 16.2 Å². The van der Waals surface area contributed by atoms with Crippen LogP contribution in [0.25, 0.3) is 21.3 Å². The van der Waals surface area contributed by atoms with E-state index in [1.165, 1.54) is 10.5 Å². The van der Waals surface area contributed by atoms with Crippen LogP contribution in [0.15, 0.2) is 78.0 Å². The van der Waals surface area contributed by atoms with Gasteiger partial charge in [-0.1, -0.05) is 57.2 Å². The van der Waals surface area contributed by atoms with Crippen molar-refractivity contribution >= 4 is 40.0 Å². The molecular weight excluding hydrogens is 840 g/mol. The number of alkyl halides is 1. The predicted molar refractivity (Wildman–Crippen MR) is 244 cm³/mol. The van der Waals surface area contributed by atoms with E-state index in [9.17, 15) is 34.1 Å². The minimum absolute atomic E-state index is 0.0204. The van der Waals surface area contributed by atoms with Gasteiger partial charge in [0.25, 0.3) is 5.91 Å². The zero-order valence-electron chi connectivity index (χ0n) is 37.3. The number of carboxylic acids is 1. The number of aliphatic hydroxyl groups is 2. The van der Waals surface area contributed by atoms with E-state index in [-0.39, 0.29) is 44.0 Å². The van der Waals surface area contributed by atoms with Gasteiger partial charge in [-0.15, -0.1) is 11.3 Å². The standard InChI is InChI=1S/C48H61FN6O8S/c1-30-41(64-29-51-30)33-10-12-35(26-50-43(57)39-25-36(56)28-55(39)44(58)42(47(2,3)4)52-46(61)48(49)16-17-48)40(24-33)63-21-6-18-53(5)27-31-7-13-37(14-8-31)62-22-20-54-19-15-32-9-11-34(45(59)60)23-38(32)54/h7-13,15,19,23-24,29,36-37,39,42-43,50,56-57H,6,14,16-18,20-22,25-28H2,1-5H3,(H,52,61)(H,59,60)/t36-,37?,39+,42-,43?/m1/s1. The molecule has 64 heavy (non-hydrogen) atoms. The first-order valence-electron chi connectivity index (χ1n) is 22.0. The van der Waals surface area contributed by atoms with Crippen molar-refractivity contribution in [3.63, 3.8) is 0 Å². The summed E-state index contributed by atoms with van der Waals surface area (Å²) in [5.41, 5.74) is 4.14. The second-order valence-electron chi connectivity index (χ2n) is 18.4. The first-order chi connectivity index (χ1) is 30.5. The number of nitrogens with zero attached hydrogens (tertiary/aromatic N) is 4. The van der Waals surface area contributed by atoms with Crippen molar-refractivity contribution < 1.29 is 43.6 Å². The van der Waals surface area contributed by atoms with Crippen molar-refractivity contribution in [2.75, 3.05) is 39.9 Å². The van der Waals surface area contributed by atoms with Crippen LogP contribution in [0.5, 0.6) is 5.75 Å². The fourth-order valence-corrected chi connectivity index (χ4v) is 9.12. The van der Waals surface area contributed by atoms with Gasteiger partial charge in [-0.05, 0) is 92.3 Å². The molecule has 2 amide bonds. The van der Waals surface area contributed by atoms with Gasteiger partial charge in [-0.2, -0.15) is 0 Å². The number of halogens is 1. The number of likely N-dealkylation sites (tertiary alicyclic amines) is 1. The highest BCUT2D eigenvalue weighted by atomic mass is 32.1. The highest BCUT2D eigenvalue weighted by Crippen LogP contribution is 2.40. The molecule has 3 aliphatic rings. The van der Waals surface area contributed by atoms with Gasteiger partial charge in [-0.3, -0.25) is 14.9 Å². The van der Waals surface area contributed by atoms with E-state index >= 15 is 0 Å². The lowest BCUT2D eigenvalue weighted by Gasteiger charge is -2.37. The molecule has 2 fully saturated rings. The number of thiazole rings is 1. The number of fused-ring (bicyclic) bond motifs is 1. The number of hydrogen-bond donors (Lipinski definition) is 5. The summed E-state index contributed by atoms with van der Waals surface area (Å²) in [4.78, 5) is 47.2. The summed E-state index contributed by atoms with van der Waals surface area (Å²) in [7, 11) is 2.08. The van der Waals surface area contributed by atoms with E-state index in [0.29, 0.717) is 25.5 Å². The number of likely N-dealkylation sites (N-methyl/N-ethyl adjacent to an activating group) is 1. The molecule has 1 saturated carbocycles. The predicted octanol–water partition coefficient (Wildman–Crippen LogP) is 5.85. The lowest BCUT2D eigenvalue weighted by atomic mass is 9.85. The molecule has 2 unspecified atom stereocenters. The summed E-state index contributed by atoms with van der Waals surface area (Å²) < 4.78 is 29.3. The molecule has 2 aromatic heterocycles. The van der Waals surface area contributed by atoms with Crippen molar-refractivity contribution in [3.05, 3.63) is 94.8 Å². The number of amides is 2. The van der Waals surface area contributed by atoms with Crippen LogP contribution >= 0.6 is 11.3 Å². The number of benzene rings is 2. The summed E-state index contributed by atoms with van der Waals surface area (Å²) in [6, 6.07) is 11.2. The number of β-amino-alcohol motifs (C(OH)–C–C–N with tert-alkyl or cyclic N) is 1. The lowest BCUT2D eigenvalue weighted by molar-refractivity contribution is -0.143. The van der Waals surface area contributed by atoms with Crippen molar-refractivity contribution in [1.29, 1.82) is 0 Å². The minimum Gasteiger partial charge on any atom is -0.493 e. The Bertz CT molecular complexity index is 2370. The van der Waals surface area contributed by atoms with Crippen molar-refractivity contribution in [1.82, 2.24) is 30.0 Å². The molecule has 5 atom stereocenters. The second-order valence-corrected chi connectivity index (χ2v) is 19.3. The molecule has 0 radical (unpaired) electrons. The first-order valence-corrected chi connectivity index (χ1v) is 22.9. The lowest BCUT2D eigenvalue weighted by Crippen LogP contribution is -2.59. The number of aryl methyl sites for hydroxylation is 1. The Hall–Kier alpha value is -4.97. The summed E-state index contributed by atoms with van der Waals surface area (Å²) in [6.45, 7) is 10.6. The number of aromatic carboxylic acids is 1. The Kier molecular flexibility index (Phi) is 14.7. The van der Waals surface area contributed by atoms with Crippen LogP contribution < -0.4 is 15.4 Å². The maximum Gasteiger partial charge on any atom is 0.335 e. The monoisotopic (exact) mass is 900 g/mol. The molecule has 16 heteroatoms. The van der Waals surface area contributed by atoms with Crippen LogP contribution in [0.1, 0.15) is 74.5 Å². The van der Waals surface area contributed by atoms with E-state index in [2.05, 4.69) is 45.8 Å². The largest absolute Gasteiger partial charge is 0.493 e. The number of carbonyl (C=O) groups excluding carboxylic acids is 2. The third kappa shape index (κ3) is 11.5. The average Bonchev–Trinajstić information content (AvgIpc) is 3.52. The first kappa shape index (κ1) is 47.0. The van der Waals surface area contributed by atoms with Crippen LogP contribution in [0.4, 0.5) is 4.39 Å². The topological polar surface area (TPSA) is 179 Å². The minimum atomic E-state index is -1.95. The van der Waals surface area contributed by atoms with E-state index < -0.39 is 53.3 Å². The fourth-order valence-electron chi connectivity index (χ4n) is 8.32. The van der Waals surface area contributed by atoms with Crippen LogP contribution in [0.2, 0.25) is 0 Å². The summed E-state index contributed by atoms with van der Waals surface area (Å²) >= 11 is 1.55. The van der Waals surface area contributed by atoms with Crippen LogP contribution in [0.3, 0.4) is 0 Å². The highest BCUT2D eigenvalue weighted by Gasteiger charge is 2.53. The Morgan fingerprint density at radius 1 is 1.12 bits per heavy atom. The third-order valence-electron chi connectivity index (χ3n) is 12.2. The molecule has 0 bridgehead atoms. The quantitative estimate of drug-likeness (QED) is 0.0532. The van der Waals surface area contributed by atoms with Crippen LogP contribution in [-0.4, -0.2) is 129 Å². The number of aliphatic hydroxyl groups excluding tert-OH is 2. The SMILES string of the molecule is Cc1ncsc1-c1ccc(CNC(O)[C@@H]2C[C@@H](O)CN2C(=O)[C@@H](NC(=O)C2(F)CC2)C(C)(C)C)c(OCCCN(C)CC2=CCC(OCCn3ccc4ccc(C(=O)O)cc43)C=C2)c1. The molecule has 7 rings (SSSR count). The number of aromatic nitrogens is 2. The normalized spacial score (nSPS) is 20.4. The van der Waals surface area contributed by atoms with Gasteiger partial charge in [0.15, 0.2) is 5.67 Å². The van der Waals surface area contributed by atoms with Gasteiger partial charge >= 0.3 is 5.97 Å². The molecule has 3 heterocycles. The Labute approximate surface area is 377 Å². The number of carbonyl (C=O) groups is 3. The molecular formula is C48H61FN6O8S. The maximum atomic E-state index is 14.6. The molecule has 2 aliphatic carbocycles. The summed E-state index contributed by atoms with van der Waals surface area (Å²) in [6.07, 6.45) is 8.15. The van der Waals surface area contributed by atoms with Gasteiger partial charge in [0, 0.05) is 50.0 Å². The molecule has 1 saturated heterocycles. The fraction of sp³-hybridized carbons (Fsp3) is 0.500. The zero-order chi connectivity index (χ0) is 45.8. The molecule has 4 aromatic rings. The Balaban J connectivity index is 0.902. The van der Waals surface area contributed by atoms with Gasteiger partial charge in [0.2, 0.25) is 5.91 Å². The van der Waals surface area contributed by atoms with E-state index in [4.69, 9.17) is 9.47 Å². The van der Waals surface area contributed by atoms with Crippen LogP contribution in [0, 0.1) is 12.3 Å². The smallest absolute Gasteiger partial charge is 0.335 e. The number of carboxylic acid groups (broad SMARTS) is 1. The van der Waals surface area contributed by atoms with Crippen molar-refractivity contribution in [2.24, 2.45) is 5.41 Å². The number of rotatable bonds is 20. The molecule has 2 aromatic carbocycles. The van der Waals surface area contributed by atoms with E-state index in [0.717, 1.165) is 58.5 Å². The Morgan fingerprint density at radius 2 is 1.92 bits per heavy atom. The molecule has 1 aliphatic heterocycles. The Morgan fingerprint density at radius 3 is 2.61 bits per heavy atom. The summed E-state index contributed by atoms with van der Waals surface area (Å²) in [5.74, 6) is -1.57. The van der Waals surface area contributed by atoms with Crippen molar-refractivity contribution in [2.45, 2.75) is 109 Å². The third-order valence-corrected chi connectivity index (χ3v) is 13.2. The van der Waals surface area contributed by atoms with Crippen LogP contribution in [-0.2, 0) is 27.4 Å². The van der Waals surface area contributed by atoms with E-state index in [1.807, 2.05) is 53.5 Å². The molecule has 344 valence electrons.